The first kappa shape index (κ1) is 20.3. The molecular formula is C10H14N2O10P2S. The predicted molar refractivity (Wildman–Crippen MR) is 83.3 cm³/mol. The smallest absolute Gasteiger partial charge is 0.352 e. The average Bonchev–Trinajstić information content (AvgIpc) is 2.92. The van der Waals surface area contributed by atoms with Gasteiger partial charge in [-0.2, -0.15) is 4.31 Å². The van der Waals surface area contributed by atoms with Crippen LogP contribution >= 0.6 is 27.9 Å². The molecule has 0 radical (unpaired) electrons. The molecule has 0 aliphatic carbocycles. The molecular weight excluding hydrogens is 402 g/mol. The van der Waals surface area contributed by atoms with Gasteiger partial charge in [0, 0.05) is 6.20 Å². The predicted octanol–water partition coefficient (Wildman–Crippen LogP) is 0.622. The van der Waals surface area contributed by atoms with E-state index >= 15 is 0 Å². The van der Waals surface area contributed by atoms with Gasteiger partial charge in [0.05, 0.1) is 18.3 Å². The molecule has 3 atom stereocenters. The Morgan fingerprint density at radius 2 is 2.08 bits per heavy atom. The molecule has 2 rings (SSSR count). The molecule has 25 heavy (non-hydrogen) atoms. The van der Waals surface area contributed by atoms with Gasteiger partial charge in [0.1, 0.15) is 10.9 Å². The van der Waals surface area contributed by atoms with E-state index in [1.54, 1.807) is 0 Å². The Labute approximate surface area is 145 Å². The summed E-state index contributed by atoms with van der Waals surface area (Å²) in [6.07, 6.45) is 0.847. The zero-order valence-electron chi connectivity index (χ0n) is 12.4. The van der Waals surface area contributed by atoms with Crippen LogP contribution in [0.4, 0.5) is 0 Å². The molecule has 3 unspecified atom stereocenters. The normalized spacial score (nSPS) is 23.3. The Bertz CT molecular complexity index is 860. The number of phosphoric acid groups is 2. The van der Waals surface area contributed by atoms with Crippen LogP contribution in [0, 0.1) is 4.64 Å². The number of hydrogen-bond acceptors (Lipinski definition) is 8. The molecule has 0 bridgehead atoms. The molecule has 2 heterocycles. The van der Waals surface area contributed by atoms with Crippen LogP contribution in [0.25, 0.3) is 0 Å². The summed E-state index contributed by atoms with van der Waals surface area (Å²) in [5.74, 6) is 0. The second kappa shape index (κ2) is 7.70. The fraction of sp³-hybridized carbons (Fsp3) is 0.500. The quantitative estimate of drug-likeness (QED) is 0.278. The molecule has 15 heteroatoms. The largest absolute Gasteiger partial charge is 0.481 e. The topological polar surface area (TPSA) is 177 Å². The third kappa shape index (κ3) is 5.74. The zero-order valence-corrected chi connectivity index (χ0v) is 15.0. The zero-order chi connectivity index (χ0) is 18.8. The SMILES string of the molecule is O=Cc1cn(C2CCC(COP(=O)(O)OP(=O)(O)O)O2)c(=O)[nH]c1=S. The van der Waals surface area contributed by atoms with Crippen molar-refractivity contribution in [3.63, 3.8) is 0 Å². The van der Waals surface area contributed by atoms with Crippen molar-refractivity contribution >= 4 is 34.1 Å². The van der Waals surface area contributed by atoms with Crippen LogP contribution in [-0.2, 0) is 22.7 Å². The number of nitrogens with zero attached hydrogens (tertiary/aromatic N) is 1. The van der Waals surface area contributed by atoms with Gasteiger partial charge in [-0.15, -0.1) is 0 Å². The first-order valence-electron chi connectivity index (χ1n) is 6.71. The number of phosphoric ester groups is 1. The third-order valence-electron chi connectivity index (χ3n) is 3.15. The highest BCUT2D eigenvalue weighted by Crippen LogP contribution is 2.57. The van der Waals surface area contributed by atoms with Gasteiger partial charge in [0.15, 0.2) is 6.29 Å². The Kier molecular flexibility index (Phi) is 6.26. The molecule has 1 aromatic rings. The lowest BCUT2D eigenvalue weighted by Crippen LogP contribution is -2.28. The van der Waals surface area contributed by atoms with Gasteiger partial charge in [-0.25, -0.2) is 13.9 Å². The Morgan fingerprint density at radius 1 is 1.40 bits per heavy atom. The number of aromatic nitrogens is 2. The Morgan fingerprint density at radius 3 is 2.68 bits per heavy atom. The average molecular weight is 416 g/mol. The lowest BCUT2D eigenvalue weighted by molar-refractivity contribution is -0.0243. The maximum absolute atomic E-state index is 11.9. The monoisotopic (exact) mass is 416 g/mol. The van der Waals surface area contributed by atoms with Gasteiger partial charge >= 0.3 is 21.3 Å². The molecule has 0 amide bonds. The van der Waals surface area contributed by atoms with Crippen LogP contribution in [0.3, 0.4) is 0 Å². The summed E-state index contributed by atoms with van der Waals surface area (Å²) in [6.45, 7) is -0.498. The van der Waals surface area contributed by atoms with Crippen molar-refractivity contribution in [2.45, 2.75) is 25.2 Å². The molecule has 1 aliphatic heterocycles. The van der Waals surface area contributed by atoms with Crippen molar-refractivity contribution < 1.29 is 42.2 Å². The van der Waals surface area contributed by atoms with E-state index < -0.39 is 40.3 Å². The highest BCUT2D eigenvalue weighted by atomic mass is 32.1. The third-order valence-corrected chi connectivity index (χ3v) is 5.64. The fourth-order valence-corrected chi connectivity index (χ4v) is 3.95. The lowest BCUT2D eigenvalue weighted by atomic mass is 10.2. The molecule has 1 aliphatic rings. The molecule has 0 saturated carbocycles. The van der Waals surface area contributed by atoms with Gasteiger partial charge in [0.2, 0.25) is 0 Å². The van der Waals surface area contributed by atoms with Gasteiger partial charge in [-0.1, -0.05) is 12.2 Å². The molecule has 1 saturated heterocycles. The minimum absolute atomic E-state index is 0.00932. The van der Waals surface area contributed by atoms with Crippen LogP contribution < -0.4 is 5.69 Å². The molecule has 4 N–H and O–H groups in total. The molecule has 0 spiro atoms. The van der Waals surface area contributed by atoms with E-state index in [1.165, 1.54) is 6.20 Å². The summed E-state index contributed by atoms with van der Waals surface area (Å²) in [6, 6.07) is 0. The highest BCUT2D eigenvalue weighted by Gasteiger charge is 2.35. The summed E-state index contributed by atoms with van der Waals surface area (Å²) >= 11 is 4.82. The second-order valence-corrected chi connectivity index (χ2v) is 8.23. The molecule has 12 nitrogen and oxygen atoms in total. The van der Waals surface area contributed by atoms with Gasteiger partial charge in [-0.05, 0) is 12.8 Å². The number of H-pyrrole nitrogens is 1. The van der Waals surface area contributed by atoms with Gasteiger partial charge < -0.3 is 19.4 Å². The second-order valence-electron chi connectivity index (χ2n) is 5.00. The maximum Gasteiger partial charge on any atom is 0.481 e. The number of aldehydes is 1. The van der Waals surface area contributed by atoms with Crippen LogP contribution in [0.5, 0.6) is 0 Å². The van der Waals surface area contributed by atoms with Gasteiger partial charge in [0.25, 0.3) is 0 Å². The van der Waals surface area contributed by atoms with E-state index in [9.17, 15) is 23.6 Å². The molecule has 140 valence electrons. The van der Waals surface area contributed by atoms with E-state index in [1.807, 2.05) is 0 Å². The van der Waals surface area contributed by atoms with Crippen molar-refractivity contribution in [1.82, 2.24) is 9.55 Å². The van der Waals surface area contributed by atoms with Crippen molar-refractivity contribution in [2.75, 3.05) is 6.61 Å². The van der Waals surface area contributed by atoms with E-state index in [4.69, 9.17) is 26.7 Å². The van der Waals surface area contributed by atoms with Crippen LogP contribution in [0.15, 0.2) is 11.0 Å². The van der Waals surface area contributed by atoms with Crippen molar-refractivity contribution in [3.05, 3.63) is 26.9 Å². The highest BCUT2D eigenvalue weighted by molar-refractivity contribution is 7.71. The Balaban J connectivity index is 2.02. The van der Waals surface area contributed by atoms with Crippen LogP contribution in [-0.4, -0.2) is 43.2 Å². The minimum atomic E-state index is -5.20. The first-order chi connectivity index (χ1) is 11.5. The standard InChI is InChI=1S/C10H14N2O10P2S/c13-4-6-3-12(10(14)11-9(6)25)8-2-1-7(21-8)5-20-24(18,19)22-23(15,16)17/h3-4,7-8H,1-2,5H2,(H,18,19)(H,11,14,25)(H2,15,16,17). The van der Waals surface area contributed by atoms with Crippen molar-refractivity contribution in [3.8, 4) is 0 Å². The van der Waals surface area contributed by atoms with Crippen molar-refractivity contribution in [2.24, 2.45) is 0 Å². The summed E-state index contributed by atoms with van der Waals surface area (Å²) in [7, 11) is -10.2. The fourth-order valence-electron chi connectivity index (χ4n) is 2.15. The minimum Gasteiger partial charge on any atom is -0.352 e. The lowest BCUT2D eigenvalue weighted by Gasteiger charge is -2.17. The molecule has 1 fully saturated rings. The summed E-state index contributed by atoms with van der Waals surface area (Å²) in [5.41, 5.74) is -0.507. The maximum atomic E-state index is 11.9. The summed E-state index contributed by atoms with van der Waals surface area (Å²) < 4.78 is 36.6. The van der Waals surface area contributed by atoms with E-state index in [0.717, 1.165) is 4.57 Å². The number of aromatic amines is 1. The van der Waals surface area contributed by atoms with Crippen molar-refractivity contribution in [1.29, 1.82) is 0 Å². The number of rotatable bonds is 7. The van der Waals surface area contributed by atoms with Crippen LogP contribution in [0.1, 0.15) is 29.4 Å². The molecule has 1 aromatic heterocycles. The van der Waals surface area contributed by atoms with E-state index in [-0.39, 0.29) is 10.2 Å². The van der Waals surface area contributed by atoms with E-state index in [2.05, 4.69) is 13.8 Å². The summed E-state index contributed by atoms with van der Waals surface area (Å²) in [4.78, 5) is 51.3. The number of carbonyl (C=O) groups is 1. The Hall–Kier alpha value is -1.01. The number of hydrogen-bond donors (Lipinski definition) is 4. The van der Waals surface area contributed by atoms with Gasteiger partial charge in [-0.3, -0.25) is 18.9 Å². The number of carbonyl (C=O) groups excluding carboxylic acids is 1. The number of ether oxygens (including phenoxy) is 1. The first-order valence-corrected chi connectivity index (χ1v) is 10.1. The summed E-state index contributed by atoms with van der Waals surface area (Å²) in [5, 5.41) is 0. The number of nitrogens with one attached hydrogen (secondary N) is 1. The van der Waals surface area contributed by atoms with Crippen LogP contribution in [0.2, 0.25) is 0 Å². The molecule has 0 aromatic carbocycles. The van der Waals surface area contributed by atoms with E-state index in [0.29, 0.717) is 19.1 Å².